The molecule has 26 heavy (non-hydrogen) atoms. The molecule has 7 nitrogen and oxygen atoms in total. The Balaban J connectivity index is 1.72. The molecule has 3 rings (SSSR count). The van der Waals surface area contributed by atoms with Gasteiger partial charge < -0.3 is 15.1 Å². The van der Waals surface area contributed by atoms with Crippen LogP contribution in [0.2, 0.25) is 0 Å². The SMILES string of the molecule is O=C(CN1C(=O)S/C(=C\c2ccc(O)cc2O)C1=O)N1CCCCCC1. The highest BCUT2D eigenvalue weighted by Crippen LogP contribution is 2.34. The molecule has 0 unspecified atom stereocenters. The number of likely N-dealkylation sites (tertiary alicyclic amines) is 1. The van der Waals surface area contributed by atoms with E-state index >= 15 is 0 Å². The fourth-order valence-corrected chi connectivity index (χ4v) is 3.82. The summed E-state index contributed by atoms with van der Waals surface area (Å²) < 4.78 is 0. The summed E-state index contributed by atoms with van der Waals surface area (Å²) in [5, 5.41) is 18.7. The molecule has 1 aromatic carbocycles. The zero-order valence-corrected chi connectivity index (χ0v) is 15.0. The minimum Gasteiger partial charge on any atom is -0.508 e. The topological polar surface area (TPSA) is 98.1 Å². The van der Waals surface area contributed by atoms with Gasteiger partial charge >= 0.3 is 0 Å². The van der Waals surface area contributed by atoms with Crippen molar-refractivity contribution < 1.29 is 24.6 Å². The average molecular weight is 376 g/mol. The van der Waals surface area contributed by atoms with Crippen molar-refractivity contribution in [3.05, 3.63) is 28.7 Å². The predicted octanol–water partition coefficient (Wildman–Crippen LogP) is 2.54. The van der Waals surface area contributed by atoms with Crippen molar-refractivity contribution in [3.63, 3.8) is 0 Å². The van der Waals surface area contributed by atoms with Crippen molar-refractivity contribution in [1.29, 1.82) is 0 Å². The van der Waals surface area contributed by atoms with Gasteiger partial charge in [-0.1, -0.05) is 12.8 Å². The van der Waals surface area contributed by atoms with Gasteiger partial charge in [0.2, 0.25) is 5.91 Å². The molecular formula is C18H20N2O5S. The van der Waals surface area contributed by atoms with Crippen LogP contribution in [-0.4, -0.2) is 56.7 Å². The number of rotatable bonds is 3. The zero-order chi connectivity index (χ0) is 18.7. The molecule has 2 aliphatic heterocycles. The monoisotopic (exact) mass is 376 g/mol. The molecule has 0 radical (unpaired) electrons. The Morgan fingerprint density at radius 3 is 2.46 bits per heavy atom. The van der Waals surface area contributed by atoms with Crippen LogP contribution in [0.4, 0.5) is 4.79 Å². The summed E-state index contributed by atoms with van der Waals surface area (Å²) in [6.45, 7) is 1.06. The van der Waals surface area contributed by atoms with Crippen LogP contribution in [0.25, 0.3) is 6.08 Å². The van der Waals surface area contributed by atoms with E-state index in [0.29, 0.717) is 18.7 Å². The fourth-order valence-electron chi connectivity index (χ4n) is 2.99. The van der Waals surface area contributed by atoms with Gasteiger partial charge in [-0.05, 0) is 42.8 Å². The molecule has 2 saturated heterocycles. The van der Waals surface area contributed by atoms with E-state index < -0.39 is 11.1 Å². The number of nitrogens with zero attached hydrogens (tertiary/aromatic N) is 2. The second-order valence-electron chi connectivity index (χ2n) is 6.31. The number of carbonyl (C=O) groups excluding carboxylic acids is 3. The number of hydrogen-bond donors (Lipinski definition) is 2. The minimum absolute atomic E-state index is 0.101. The maximum atomic E-state index is 12.5. The van der Waals surface area contributed by atoms with E-state index in [0.717, 1.165) is 48.4 Å². The van der Waals surface area contributed by atoms with E-state index in [1.54, 1.807) is 4.90 Å². The molecule has 3 amide bonds. The number of amides is 3. The number of phenolic OH excluding ortho intramolecular Hbond substituents is 2. The van der Waals surface area contributed by atoms with Gasteiger partial charge in [-0.15, -0.1) is 0 Å². The fraction of sp³-hybridized carbons (Fsp3) is 0.389. The number of benzene rings is 1. The molecule has 0 saturated carbocycles. The molecule has 2 heterocycles. The van der Waals surface area contributed by atoms with Crippen molar-refractivity contribution in [2.45, 2.75) is 25.7 Å². The Morgan fingerprint density at radius 2 is 1.81 bits per heavy atom. The molecule has 0 aliphatic carbocycles. The smallest absolute Gasteiger partial charge is 0.294 e. The Bertz CT molecular complexity index is 769. The summed E-state index contributed by atoms with van der Waals surface area (Å²) in [4.78, 5) is 39.9. The molecule has 2 N–H and O–H groups in total. The van der Waals surface area contributed by atoms with Gasteiger partial charge in [0, 0.05) is 24.7 Å². The molecule has 8 heteroatoms. The summed E-state index contributed by atoms with van der Waals surface area (Å²) in [5.41, 5.74) is 0.312. The first-order valence-electron chi connectivity index (χ1n) is 8.51. The number of hydrogen-bond acceptors (Lipinski definition) is 6. The van der Waals surface area contributed by atoms with E-state index in [-0.39, 0.29) is 28.9 Å². The quantitative estimate of drug-likeness (QED) is 0.787. The van der Waals surface area contributed by atoms with Gasteiger partial charge in [-0.2, -0.15) is 0 Å². The lowest BCUT2D eigenvalue weighted by Crippen LogP contribution is -2.42. The Hall–Kier alpha value is -2.48. The highest BCUT2D eigenvalue weighted by Gasteiger charge is 2.37. The van der Waals surface area contributed by atoms with Gasteiger partial charge in [0.15, 0.2) is 0 Å². The van der Waals surface area contributed by atoms with E-state index in [4.69, 9.17) is 0 Å². The van der Waals surface area contributed by atoms with E-state index in [2.05, 4.69) is 0 Å². The summed E-state index contributed by atoms with van der Waals surface area (Å²) in [6.07, 6.45) is 5.44. The van der Waals surface area contributed by atoms with E-state index in [9.17, 15) is 24.6 Å². The predicted molar refractivity (Wildman–Crippen MR) is 97.5 cm³/mol. The molecular weight excluding hydrogens is 356 g/mol. The second kappa shape index (κ2) is 7.82. The maximum Gasteiger partial charge on any atom is 0.294 e. The van der Waals surface area contributed by atoms with Crippen molar-refractivity contribution in [2.75, 3.05) is 19.6 Å². The maximum absolute atomic E-state index is 12.5. The van der Waals surface area contributed by atoms with Crippen LogP contribution in [0.5, 0.6) is 11.5 Å². The van der Waals surface area contributed by atoms with Crippen LogP contribution in [0.15, 0.2) is 23.1 Å². The van der Waals surface area contributed by atoms with Crippen LogP contribution in [-0.2, 0) is 9.59 Å². The lowest BCUT2D eigenvalue weighted by molar-refractivity contribution is -0.135. The third-order valence-corrected chi connectivity index (χ3v) is 5.33. The first-order valence-corrected chi connectivity index (χ1v) is 9.32. The van der Waals surface area contributed by atoms with Crippen LogP contribution >= 0.6 is 11.8 Å². The first kappa shape index (κ1) is 18.3. The highest BCUT2D eigenvalue weighted by molar-refractivity contribution is 8.18. The van der Waals surface area contributed by atoms with Crippen LogP contribution in [0.1, 0.15) is 31.2 Å². The van der Waals surface area contributed by atoms with Crippen molar-refractivity contribution in [1.82, 2.24) is 9.80 Å². The molecule has 2 fully saturated rings. The molecule has 0 atom stereocenters. The Kier molecular flexibility index (Phi) is 5.51. The van der Waals surface area contributed by atoms with Gasteiger partial charge in [-0.25, -0.2) is 0 Å². The highest BCUT2D eigenvalue weighted by atomic mass is 32.2. The third-order valence-electron chi connectivity index (χ3n) is 4.43. The lowest BCUT2D eigenvalue weighted by Gasteiger charge is -2.22. The minimum atomic E-state index is -0.546. The van der Waals surface area contributed by atoms with Gasteiger partial charge in [-0.3, -0.25) is 19.3 Å². The van der Waals surface area contributed by atoms with Gasteiger partial charge in [0.05, 0.1) is 4.91 Å². The lowest BCUT2D eigenvalue weighted by atomic mass is 10.1. The van der Waals surface area contributed by atoms with Crippen molar-refractivity contribution >= 4 is 34.9 Å². The number of imide groups is 1. The average Bonchev–Trinajstić information content (AvgIpc) is 2.81. The number of thioether (sulfide) groups is 1. The van der Waals surface area contributed by atoms with Crippen molar-refractivity contribution in [2.24, 2.45) is 0 Å². The molecule has 0 spiro atoms. The van der Waals surface area contributed by atoms with Gasteiger partial charge in [0.25, 0.3) is 11.1 Å². The molecule has 138 valence electrons. The molecule has 2 aliphatic rings. The molecule has 1 aromatic rings. The van der Waals surface area contributed by atoms with E-state index in [1.807, 2.05) is 0 Å². The number of aromatic hydroxyl groups is 2. The summed E-state index contributed by atoms with van der Waals surface area (Å²) >= 11 is 0.736. The van der Waals surface area contributed by atoms with Crippen LogP contribution < -0.4 is 0 Å². The van der Waals surface area contributed by atoms with Gasteiger partial charge in [0.1, 0.15) is 18.0 Å². The largest absolute Gasteiger partial charge is 0.508 e. The number of carbonyl (C=O) groups is 3. The molecule has 0 bridgehead atoms. The normalized spacial score (nSPS) is 19.9. The second-order valence-corrected chi connectivity index (χ2v) is 7.30. The number of phenols is 2. The van der Waals surface area contributed by atoms with Crippen molar-refractivity contribution in [3.8, 4) is 11.5 Å². The third kappa shape index (κ3) is 4.01. The zero-order valence-electron chi connectivity index (χ0n) is 14.2. The van der Waals surface area contributed by atoms with E-state index in [1.165, 1.54) is 18.2 Å². The Labute approximate surface area is 155 Å². The standard InChI is InChI=1S/C18H20N2O5S/c21-13-6-5-12(14(22)10-13)9-15-17(24)20(18(25)26-15)11-16(23)19-7-3-1-2-4-8-19/h5-6,9-10,21-22H,1-4,7-8,11H2/b15-9-. The van der Waals surface area contributed by atoms with Crippen LogP contribution in [0, 0.1) is 0 Å². The Morgan fingerprint density at radius 1 is 1.12 bits per heavy atom. The molecule has 0 aromatic heterocycles. The summed E-state index contributed by atoms with van der Waals surface area (Å²) in [5.74, 6) is -1.06. The summed E-state index contributed by atoms with van der Waals surface area (Å²) in [7, 11) is 0. The summed E-state index contributed by atoms with van der Waals surface area (Å²) in [6, 6.07) is 3.97. The van der Waals surface area contributed by atoms with Crippen LogP contribution in [0.3, 0.4) is 0 Å². The first-order chi connectivity index (χ1) is 12.5.